The second-order valence-electron chi connectivity index (χ2n) is 6.01. The molecule has 1 fully saturated rings. The molecular weight excluding hydrogens is 278 g/mol. The molecule has 1 atom stereocenters. The smallest absolute Gasteiger partial charge is 0.222 e. The quantitative estimate of drug-likeness (QED) is 0.804. The number of carbonyl (C=O) groups is 2. The summed E-state index contributed by atoms with van der Waals surface area (Å²) >= 11 is 0. The van der Waals surface area contributed by atoms with E-state index in [-0.39, 0.29) is 35.7 Å². The van der Waals surface area contributed by atoms with Crippen molar-refractivity contribution in [1.82, 2.24) is 10.2 Å². The van der Waals surface area contributed by atoms with Gasteiger partial charge in [0.05, 0.1) is 0 Å². The first-order valence-electron chi connectivity index (χ1n) is 7.17. The molecule has 1 saturated heterocycles. The number of hydrogen-bond acceptors (Lipinski definition) is 3. The molecule has 0 saturated carbocycles. The number of likely N-dealkylation sites (tertiary alicyclic amines) is 1. The van der Waals surface area contributed by atoms with Crippen LogP contribution in [0, 0.1) is 5.41 Å². The van der Waals surface area contributed by atoms with Crippen molar-refractivity contribution in [2.45, 2.75) is 52.5 Å². The summed E-state index contributed by atoms with van der Waals surface area (Å²) in [7, 11) is 0. The van der Waals surface area contributed by atoms with Crippen LogP contribution in [0.15, 0.2) is 0 Å². The topological polar surface area (TPSA) is 75.4 Å². The Bertz CT molecular complexity index is 334. The number of amides is 2. The number of nitrogens with zero attached hydrogens (tertiary/aromatic N) is 1. The second-order valence-corrected chi connectivity index (χ2v) is 6.01. The van der Waals surface area contributed by atoms with Gasteiger partial charge in [0.15, 0.2) is 0 Å². The van der Waals surface area contributed by atoms with Gasteiger partial charge in [-0.25, -0.2) is 0 Å². The van der Waals surface area contributed by atoms with E-state index in [4.69, 9.17) is 5.73 Å². The summed E-state index contributed by atoms with van der Waals surface area (Å²) in [5.74, 6) is 0.167. The van der Waals surface area contributed by atoms with Gasteiger partial charge in [-0.3, -0.25) is 9.59 Å². The molecule has 1 unspecified atom stereocenters. The van der Waals surface area contributed by atoms with Crippen LogP contribution in [-0.4, -0.2) is 42.4 Å². The van der Waals surface area contributed by atoms with E-state index in [9.17, 15) is 9.59 Å². The minimum Gasteiger partial charge on any atom is -0.356 e. The summed E-state index contributed by atoms with van der Waals surface area (Å²) in [6.45, 7) is 8.20. The molecule has 5 nitrogen and oxygen atoms in total. The number of nitrogens with two attached hydrogens (primary N) is 1. The molecule has 0 aliphatic carbocycles. The zero-order valence-electron chi connectivity index (χ0n) is 12.8. The zero-order valence-corrected chi connectivity index (χ0v) is 13.6. The number of nitrogens with one attached hydrogen (secondary N) is 1. The fraction of sp³-hybridized carbons (Fsp3) is 0.857. The maximum Gasteiger partial charge on any atom is 0.222 e. The van der Waals surface area contributed by atoms with E-state index in [1.165, 1.54) is 0 Å². The summed E-state index contributed by atoms with van der Waals surface area (Å²) < 4.78 is 0. The predicted molar refractivity (Wildman–Crippen MR) is 82.7 cm³/mol. The van der Waals surface area contributed by atoms with Gasteiger partial charge >= 0.3 is 0 Å². The minimum atomic E-state index is -0.0203. The van der Waals surface area contributed by atoms with E-state index in [0.717, 1.165) is 13.0 Å². The van der Waals surface area contributed by atoms with Gasteiger partial charge in [0.2, 0.25) is 11.8 Å². The molecule has 3 N–H and O–H groups in total. The van der Waals surface area contributed by atoms with E-state index >= 15 is 0 Å². The molecule has 6 heteroatoms. The Morgan fingerprint density at radius 3 is 2.55 bits per heavy atom. The van der Waals surface area contributed by atoms with Crippen LogP contribution >= 0.6 is 12.4 Å². The van der Waals surface area contributed by atoms with Crippen molar-refractivity contribution >= 4 is 24.2 Å². The number of halogens is 1. The summed E-state index contributed by atoms with van der Waals surface area (Å²) in [6.07, 6.45) is 2.35. The highest BCUT2D eigenvalue weighted by molar-refractivity contribution is 5.85. The number of hydrogen-bond donors (Lipinski definition) is 2. The molecule has 1 heterocycles. The van der Waals surface area contributed by atoms with Gasteiger partial charge in [-0.2, -0.15) is 0 Å². The van der Waals surface area contributed by atoms with Crippen molar-refractivity contribution in [2.24, 2.45) is 11.1 Å². The van der Waals surface area contributed by atoms with E-state index < -0.39 is 0 Å². The van der Waals surface area contributed by atoms with Crippen LogP contribution in [0.1, 0.15) is 46.5 Å². The summed E-state index contributed by atoms with van der Waals surface area (Å²) in [4.78, 5) is 25.3. The van der Waals surface area contributed by atoms with Gasteiger partial charge in [0.1, 0.15) is 0 Å². The lowest BCUT2D eigenvalue weighted by Crippen LogP contribution is -2.53. The maximum atomic E-state index is 12.1. The first-order valence-corrected chi connectivity index (χ1v) is 7.17. The van der Waals surface area contributed by atoms with E-state index in [1.54, 1.807) is 0 Å². The van der Waals surface area contributed by atoms with Gasteiger partial charge in [-0.15, -0.1) is 12.4 Å². The van der Waals surface area contributed by atoms with Crippen LogP contribution < -0.4 is 11.1 Å². The Morgan fingerprint density at radius 2 is 2.00 bits per heavy atom. The largest absolute Gasteiger partial charge is 0.356 e. The van der Waals surface area contributed by atoms with Crippen LogP contribution in [-0.2, 0) is 9.59 Å². The van der Waals surface area contributed by atoms with Crippen molar-refractivity contribution in [3.63, 3.8) is 0 Å². The molecule has 2 amide bonds. The highest BCUT2D eigenvalue weighted by atomic mass is 35.5. The molecule has 0 aromatic heterocycles. The fourth-order valence-electron chi connectivity index (χ4n) is 2.43. The van der Waals surface area contributed by atoms with Crippen molar-refractivity contribution in [2.75, 3.05) is 19.6 Å². The van der Waals surface area contributed by atoms with Crippen LogP contribution in [0.4, 0.5) is 0 Å². The second kappa shape index (κ2) is 8.47. The summed E-state index contributed by atoms with van der Waals surface area (Å²) in [6, 6.07) is 0.159. The standard InChI is InChI=1S/C14H27N3O2.ClH/c1-4-16-12(18)6-5-7-13(19)17-9-8-11(15)14(2,3)10-17;/h11H,4-10,15H2,1-3H3,(H,16,18);1H. The first kappa shape index (κ1) is 19.2. The lowest BCUT2D eigenvalue weighted by atomic mass is 9.79. The van der Waals surface area contributed by atoms with Crippen LogP contribution in [0.25, 0.3) is 0 Å². The lowest BCUT2D eigenvalue weighted by molar-refractivity contribution is -0.134. The Balaban J connectivity index is 0.00000361. The highest BCUT2D eigenvalue weighted by Gasteiger charge is 2.34. The summed E-state index contributed by atoms with van der Waals surface area (Å²) in [5.41, 5.74) is 6.04. The minimum absolute atomic E-state index is 0. The summed E-state index contributed by atoms with van der Waals surface area (Å²) in [5, 5.41) is 2.74. The average Bonchev–Trinajstić information content (AvgIpc) is 2.32. The van der Waals surface area contributed by atoms with Crippen molar-refractivity contribution in [1.29, 1.82) is 0 Å². The third kappa shape index (κ3) is 5.67. The molecule has 0 radical (unpaired) electrons. The normalized spacial score (nSPS) is 21.0. The molecule has 0 bridgehead atoms. The van der Waals surface area contributed by atoms with Gasteiger partial charge in [-0.05, 0) is 25.2 Å². The monoisotopic (exact) mass is 305 g/mol. The predicted octanol–water partition coefficient (Wildman–Crippen LogP) is 1.30. The van der Waals surface area contributed by atoms with Crippen molar-refractivity contribution in [3.8, 4) is 0 Å². The molecule has 1 aliphatic heterocycles. The lowest BCUT2D eigenvalue weighted by Gasteiger charge is -2.42. The first-order chi connectivity index (χ1) is 8.86. The number of carbonyl (C=O) groups excluding carboxylic acids is 2. The Kier molecular flexibility index (Phi) is 8.13. The SMILES string of the molecule is CCNC(=O)CCCC(=O)N1CCC(N)C(C)(C)C1.Cl. The van der Waals surface area contributed by atoms with E-state index in [0.29, 0.717) is 32.4 Å². The van der Waals surface area contributed by atoms with E-state index in [2.05, 4.69) is 19.2 Å². The third-order valence-electron chi connectivity index (χ3n) is 3.83. The van der Waals surface area contributed by atoms with Crippen molar-refractivity contribution in [3.05, 3.63) is 0 Å². The molecule has 0 aromatic rings. The number of rotatable bonds is 5. The number of piperidine rings is 1. The Hall–Kier alpha value is -0.810. The Morgan fingerprint density at radius 1 is 1.35 bits per heavy atom. The van der Waals surface area contributed by atoms with Gasteiger partial charge in [0, 0.05) is 38.5 Å². The van der Waals surface area contributed by atoms with Crippen LogP contribution in [0.5, 0.6) is 0 Å². The highest BCUT2D eigenvalue weighted by Crippen LogP contribution is 2.28. The molecule has 20 heavy (non-hydrogen) atoms. The van der Waals surface area contributed by atoms with Crippen LogP contribution in [0.2, 0.25) is 0 Å². The molecule has 0 spiro atoms. The van der Waals surface area contributed by atoms with Gasteiger partial charge in [0.25, 0.3) is 0 Å². The molecule has 1 aliphatic rings. The zero-order chi connectivity index (χ0) is 14.5. The molecular formula is C14H28ClN3O2. The van der Waals surface area contributed by atoms with E-state index in [1.807, 2.05) is 11.8 Å². The van der Waals surface area contributed by atoms with Crippen LogP contribution in [0.3, 0.4) is 0 Å². The van der Waals surface area contributed by atoms with Crippen molar-refractivity contribution < 1.29 is 9.59 Å². The fourth-order valence-corrected chi connectivity index (χ4v) is 2.43. The average molecular weight is 306 g/mol. The maximum absolute atomic E-state index is 12.1. The molecule has 0 aromatic carbocycles. The van der Waals surface area contributed by atoms with Gasteiger partial charge in [-0.1, -0.05) is 13.8 Å². The molecule has 118 valence electrons. The third-order valence-corrected chi connectivity index (χ3v) is 3.83. The Labute approximate surface area is 128 Å². The molecule has 1 rings (SSSR count). The van der Waals surface area contributed by atoms with Gasteiger partial charge < -0.3 is 16.0 Å².